The minimum Gasteiger partial charge on any atom is -0.507 e. The molecule has 5 heterocycles. The molecule has 58 heavy (non-hydrogen) atoms. The number of nitrogens with zero attached hydrogens (tertiary/aromatic N) is 1. The molecule has 7 bridgehead atoms. The topological polar surface area (TPSA) is 176 Å². The fraction of sp³-hybridized carbons (Fsp3) is 0.568. The quantitative estimate of drug-likeness (QED) is 0.348. The Kier molecular flexibility index (Phi) is 11.9. The third kappa shape index (κ3) is 7.61. The highest BCUT2D eigenvalue weighted by Gasteiger charge is 2.53. The molecule has 2 saturated heterocycles. The second-order valence-electron chi connectivity index (χ2n) is 16.8. The Balaban J connectivity index is 1.50. The first-order valence-corrected chi connectivity index (χ1v) is 20.0. The second kappa shape index (κ2) is 16.1. The molecule has 0 aromatic heterocycles. The van der Waals surface area contributed by atoms with Crippen molar-refractivity contribution in [2.45, 2.75) is 118 Å². The lowest BCUT2D eigenvalue weighted by Gasteiger charge is -2.50. The van der Waals surface area contributed by atoms with Gasteiger partial charge in [0.05, 0.1) is 41.3 Å². The molecular formula is C44H56N2O12. The minimum absolute atomic E-state index is 0.0473. The van der Waals surface area contributed by atoms with Gasteiger partial charge in [-0.05, 0) is 46.6 Å². The Labute approximate surface area is 339 Å². The highest BCUT2D eigenvalue weighted by atomic mass is 16.7. The summed E-state index contributed by atoms with van der Waals surface area (Å²) >= 11 is 0. The van der Waals surface area contributed by atoms with Crippen LogP contribution < -0.4 is 10.1 Å². The van der Waals surface area contributed by atoms with Crippen LogP contribution in [0, 0.1) is 30.6 Å². The van der Waals surface area contributed by atoms with E-state index in [9.17, 15) is 29.1 Å². The summed E-state index contributed by atoms with van der Waals surface area (Å²) in [5.41, 5.74) is -0.937. The number of benzene rings is 1. The monoisotopic (exact) mass is 804 g/mol. The summed E-state index contributed by atoms with van der Waals surface area (Å²) < 4.78 is 37.1. The average molecular weight is 805 g/mol. The number of amides is 1. The summed E-state index contributed by atoms with van der Waals surface area (Å²) in [4.78, 5) is 71.7. The zero-order chi connectivity index (χ0) is 42.6. The first kappa shape index (κ1) is 42.8. The number of methoxy groups -OCH3 is 1. The van der Waals surface area contributed by atoms with E-state index in [0.29, 0.717) is 13.1 Å². The number of phenols is 1. The highest BCUT2D eigenvalue weighted by Crippen LogP contribution is 2.49. The molecule has 1 aromatic carbocycles. The van der Waals surface area contributed by atoms with Gasteiger partial charge in [-0.25, -0.2) is 0 Å². The molecule has 5 aliphatic heterocycles. The zero-order valence-electron chi connectivity index (χ0n) is 35.2. The van der Waals surface area contributed by atoms with Crippen LogP contribution in [0.5, 0.6) is 11.5 Å². The molecule has 1 amide bonds. The van der Waals surface area contributed by atoms with E-state index in [1.54, 1.807) is 30.1 Å². The van der Waals surface area contributed by atoms with Crippen molar-refractivity contribution < 1.29 is 57.5 Å². The Morgan fingerprint density at radius 2 is 1.55 bits per heavy atom. The van der Waals surface area contributed by atoms with Crippen LogP contribution >= 0.6 is 0 Å². The lowest BCUT2D eigenvalue weighted by molar-refractivity contribution is -0.336. The molecule has 6 aliphatic rings. The number of carbonyl (C=O) groups excluding carboxylic acids is 5. The van der Waals surface area contributed by atoms with Crippen LogP contribution in [0.25, 0.3) is 0 Å². The number of esters is 1. The van der Waals surface area contributed by atoms with Crippen molar-refractivity contribution >= 4 is 29.2 Å². The number of hydrogen-bond donors (Lipinski definition) is 2. The van der Waals surface area contributed by atoms with Crippen LogP contribution in [0.3, 0.4) is 0 Å². The second-order valence-corrected chi connectivity index (χ2v) is 16.8. The number of ketones is 3. The van der Waals surface area contributed by atoms with Gasteiger partial charge >= 0.3 is 11.8 Å². The maximum atomic E-state index is 14.7. The van der Waals surface area contributed by atoms with Gasteiger partial charge in [0.1, 0.15) is 29.0 Å². The van der Waals surface area contributed by atoms with Gasteiger partial charge in [0.2, 0.25) is 11.6 Å². The highest BCUT2D eigenvalue weighted by molar-refractivity contribution is 6.32. The number of nitrogens with one attached hydrogen (secondary N) is 1. The summed E-state index contributed by atoms with van der Waals surface area (Å²) in [6, 6.07) is 0. The van der Waals surface area contributed by atoms with Gasteiger partial charge in [-0.3, -0.25) is 24.0 Å². The smallest absolute Gasteiger partial charge is 0.312 e. The molecule has 2 N–H and O–H groups in total. The third-order valence-electron chi connectivity index (χ3n) is 12.1. The van der Waals surface area contributed by atoms with Gasteiger partial charge in [-0.1, -0.05) is 45.9 Å². The predicted molar refractivity (Wildman–Crippen MR) is 211 cm³/mol. The van der Waals surface area contributed by atoms with Gasteiger partial charge in [0.25, 0.3) is 11.7 Å². The Morgan fingerprint density at radius 3 is 2.19 bits per heavy atom. The van der Waals surface area contributed by atoms with E-state index in [1.165, 1.54) is 34.1 Å². The molecule has 14 heteroatoms. The number of likely N-dealkylation sites (tertiary alicyclic amines) is 1. The molecule has 314 valence electrons. The van der Waals surface area contributed by atoms with Crippen molar-refractivity contribution in [3.8, 4) is 11.5 Å². The van der Waals surface area contributed by atoms with Crippen molar-refractivity contribution in [2.75, 3.05) is 20.2 Å². The number of phenolic OH excluding ortho intramolecular Hbond substituents is 1. The van der Waals surface area contributed by atoms with E-state index in [1.807, 2.05) is 47.6 Å². The maximum Gasteiger partial charge on any atom is 0.312 e. The van der Waals surface area contributed by atoms with Crippen molar-refractivity contribution in [2.24, 2.45) is 23.7 Å². The Hall–Kier alpha value is -4.79. The van der Waals surface area contributed by atoms with Gasteiger partial charge in [-0.2, -0.15) is 0 Å². The van der Waals surface area contributed by atoms with Crippen molar-refractivity contribution in [3.05, 3.63) is 69.8 Å². The molecule has 9 atom stereocenters. The molecule has 14 nitrogen and oxygen atoms in total. The molecular weight excluding hydrogens is 748 g/mol. The van der Waals surface area contributed by atoms with Crippen molar-refractivity contribution in [3.63, 3.8) is 0 Å². The number of ether oxygens (including phenoxy) is 6. The predicted octanol–water partition coefficient (Wildman–Crippen LogP) is 5.85. The maximum absolute atomic E-state index is 14.7. The van der Waals surface area contributed by atoms with Crippen molar-refractivity contribution in [1.82, 2.24) is 10.2 Å². The lowest BCUT2D eigenvalue weighted by atomic mass is 9.77. The molecule has 0 unspecified atom stereocenters. The largest absolute Gasteiger partial charge is 0.507 e. The number of rotatable bonds is 3. The van der Waals surface area contributed by atoms with Gasteiger partial charge < -0.3 is 43.7 Å². The van der Waals surface area contributed by atoms with Crippen LogP contribution in [0.15, 0.2) is 47.5 Å². The minimum atomic E-state index is -2.02. The van der Waals surface area contributed by atoms with E-state index in [-0.39, 0.29) is 63.3 Å². The number of allylic oxidation sites excluding steroid dienone is 4. The third-order valence-corrected chi connectivity index (χ3v) is 12.1. The summed E-state index contributed by atoms with van der Waals surface area (Å²) in [5, 5.41) is 14.2. The average Bonchev–Trinajstić information content (AvgIpc) is 3.79. The molecule has 1 aliphatic carbocycles. The lowest BCUT2D eigenvalue weighted by Crippen LogP contribution is -2.56. The number of aromatic hydroxyl groups is 1. The standard InChI is InChI=1S/C44H56N2O12/c1-21-15-14-16-22(2)42(52)45-32-33(46-18-12-13-19-46)36(50)29-30(35(32)49)34(48)24(4)40-31(29)41(51)44(10,58-40)54-20-17-28(53-11)23(3)38(55-27(7)47)26(6)39-25(5)37(21)56-43(8,9)57-39/h14-17,20-21,23,25-26,28,37-39,48H,12-13,18-19H2,1-11H3,(H,45,52)/b15-14+,20-17+,22-16-/t21-,23+,25+,26+,28-,37-,38+,39+,44-/m0/s1. The normalized spacial score (nSPS) is 34.8. The fourth-order valence-corrected chi connectivity index (χ4v) is 9.00. The summed E-state index contributed by atoms with van der Waals surface area (Å²) in [7, 11) is 1.50. The molecule has 1 aromatic rings. The van der Waals surface area contributed by atoms with E-state index in [4.69, 9.17) is 28.4 Å². The van der Waals surface area contributed by atoms with Gasteiger partial charge in [0, 0.05) is 68.9 Å². The summed E-state index contributed by atoms with van der Waals surface area (Å²) in [5.74, 6) is -8.18. The van der Waals surface area contributed by atoms with E-state index >= 15 is 0 Å². The number of hydrogen-bond acceptors (Lipinski definition) is 13. The van der Waals surface area contributed by atoms with Crippen LogP contribution in [-0.4, -0.2) is 95.4 Å². The summed E-state index contributed by atoms with van der Waals surface area (Å²) in [6.45, 7) is 18.2. The molecule has 0 spiro atoms. The SMILES string of the molecule is CO[C@H]1/C=C/O[C@@]2(C)Oc3c(C)c(O)c4c(c3C2=O)C(=O)C(N2CCCC2)=C(NC(=O)/C(C)=C\C=C\[C@H](C)[C@@H]2OC(C)(C)O[C@@H]([C@H](C)[C@H](OC(C)=O)[C@@H]1C)[C@@H]2C)C4=O. The van der Waals surface area contributed by atoms with E-state index < -0.39 is 76.3 Å². The van der Waals surface area contributed by atoms with Crippen LogP contribution in [0.1, 0.15) is 112 Å². The molecule has 7 rings (SSSR count). The van der Waals surface area contributed by atoms with E-state index in [2.05, 4.69) is 5.32 Å². The van der Waals surface area contributed by atoms with Crippen LogP contribution in [0.2, 0.25) is 0 Å². The number of fused-ring (bicyclic) bond motifs is 10. The van der Waals surface area contributed by atoms with Crippen LogP contribution in [0.4, 0.5) is 0 Å². The number of Topliss-reactive ketones (excluding diaryl/α,β-unsaturated/α-hetero) is 3. The fourth-order valence-electron chi connectivity index (χ4n) is 9.00. The van der Waals surface area contributed by atoms with Crippen molar-refractivity contribution in [1.29, 1.82) is 0 Å². The van der Waals surface area contributed by atoms with E-state index in [0.717, 1.165) is 12.8 Å². The zero-order valence-corrected chi connectivity index (χ0v) is 35.2. The van der Waals surface area contributed by atoms with Gasteiger partial charge in [-0.15, -0.1) is 0 Å². The van der Waals surface area contributed by atoms with Gasteiger partial charge in [0.15, 0.2) is 5.79 Å². The number of carbonyl (C=O) groups is 5. The first-order chi connectivity index (χ1) is 27.2. The molecule has 0 saturated carbocycles. The molecule has 2 fully saturated rings. The summed E-state index contributed by atoms with van der Waals surface area (Å²) in [6.07, 6.45) is 7.44. The Bertz CT molecular complexity index is 2020. The molecule has 0 radical (unpaired) electrons. The van der Waals surface area contributed by atoms with Crippen LogP contribution in [-0.2, 0) is 33.3 Å². The Morgan fingerprint density at radius 1 is 0.897 bits per heavy atom. The first-order valence-electron chi connectivity index (χ1n) is 20.0.